The number of rotatable bonds is 7. The Morgan fingerprint density at radius 1 is 1.14 bits per heavy atom. The maximum atomic E-state index is 12.4. The molecule has 0 fully saturated rings. The van der Waals surface area contributed by atoms with E-state index in [1.54, 1.807) is 24.3 Å². The Balaban J connectivity index is 2.13. The van der Waals surface area contributed by atoms with Crippen molar-refractivity contribution in [1.82, 2.24) is 10.2 Å². The number of hydrogen-bond donors (Lipinski definition) is 2. The number of nitrogens with zero attached hydrogens (tertiary/aromatic N) is 2. The fourth-order valence-electron chi connectivity index (χ4n) is 2.33. The summed E-state index contributed by atoms with van der Waals surface area (Å²) in [6.45, 7) is 0.944. The first-order valence-corrected chi connectivity index (χ1v) is 10.4. The molecule has 0 atom stereocenters. The molecule has 0 aromatic heterocycles. The second-order valence-electron chi connectivity index (χ2n) is 6.46. The molecule has 0 aliphatic heterocycles. The standard InChI is InChI=1S/C19H24N4O4S/c1-23(2)13-12-14-8-10-15(11-9-14)27-17-7-5-4-6-16(17)18(24)21-19(20)22-28(3,25)26/h4-11H,12-13H2,1-3H3,(H3,20,21,22,24). The summed E-state index contributed by atoms with van der Waals surface area (Å²) in [5.74, 6) is -0.240. The number of carbonyl (C=O) groups is 1. The molecule has 0 unspecified atom stereocenters. The van der Waals surface area contributed by atoms with Gasteiger partial charge < -0.3 is 15.4 Å². The van der Waals surface area contributed by atoms with Crippen LogP contribution in [0.5, 0.6) is 11.5 Å². The fourth-order valence-corrected chi connectivity index (χ4v) is 2.74. The second-order valence-corrected chi connectivity index (χ2v) is 8.11. The molecule has 0 aliphatic rings. The third-order valence-electron chi connectivity index (χ3n) is 3.64. The molecule has 1 amide bonds. The van der Waals surface area contributed by atoms with E-state index in [4.69, 9.17) is 10.5 Å². The minimum absolute atomic E-state index is 0.200. The zero-order valence-electron chi connectivity index (χ0n) is 16.0. The summed E-state index contributed by atoms with van der Waals surface area (Å²) in [6, 6.07) is 14.2. The second kappa shape index (κ2) is 9.34. The molecule has 0 bridgehead atoms. The molecule has 0 heterocycles. The summed E-state index contributed by atoms with van der Waals surface area (Å²) in [5, 5.41) is 2.24. The molecule has 28 heavy (non-hydrogen) atoms. The van der Waals surface area contributed by atoms with E-state index in [2.05, 4.69) is 14.6 Å². The van der Waals surface area contributed by atoms with Crippen LogP contribution in [0.4, 0.5) is 0 Å². The number of hydrogen-bond acceptors (Lipinski definition) is 5. The third kappa shape index (κ3) is 7.01. The van der Waals surface area contributed by atoms with E-state index in [-0.39, 0.29) is 5.56 Å². The Morgan fingerprint density at radius 2 is 1.79 bits per heavy atom. The van der Waals surface area contributed by atoms with Crippen molar-refractivity contribution in [3.8, 4) is 11.5 Å². The highest BCUT2D eigenvalue weighted by Crippen LogP contribution is 2.25. The Labute approximate surface area is 165 Å². The highest BCUT2D eigenvalue weighted by Gasteiger charge is 2.14. The molecule has 0 saturated heterocycles. The van der Waals surface area contributed by atoms with Crippen LogP contribution in [-0.4, -0.2) is 52.1 Å². The Bertz CT molecular complexity index is 954. The summed E-state index contributed by atoms with van der Waals surface area (Å²) in [4.78, 5) is 14.5. The van der Waals surface area contributed by atoms with Crippen molar-refractivity contribution >= 4 is 21.9 Å². The van der Waals surface area contributed by atoms with Crippen LogP contribution in [0, 0.1) is 0 Å². The van der Waals surface area contributed by atoms with Crippen molar-refractivity contribution in [2.24, 2.45) is 10.1 Å². The van der Waals surface area contributed by atoms with Gasteiger partial charge in [-0.3, -0.25) is 10.1 Å². The van der Waals surface area contributed by atoms with Gasteiger partial charge in [-0.05, 0) is 50.3 Å². The van der Waals surface area contributed by atoms with Gasteiger partial charge in [-0.15, -0.1) is 4.40 Å². The van der Waals surface area contributed by atoms with Crippen molar-refractivity contribution < 1.29 is 17.9 Å². The average Bonchev–Trinajstić information content (AvgIpc) is 2.59. The number of benzene rings is 2. The van der Waals surface area contributed by atoms with E-state index >= 15 is 0 Å². The average molecular weight is 404 g/mol. The molecule has 9 heteroatoms. The van der Waals surface area contributed by atoms with Gasteiger partial charge in [0, 0.05) is 6.54 Å². The van der Waals surface area contributed by atoms with E-state index < -0.39 is 21.9 Å². The number of nitrogens with two attached hydrogens (primary N) is 1. The molecule has 2 rings (SSSR count). The van der Waals surface area contributed by atoms with Crippen molar-refractivity contribution in [3.05, 3.63) is 59.7 Å². The summed E-state index contributed by atoms with van der Waals surface area (Å²) in [6.07, 6.45) is 1.80. The third-order valence-corrected chi connectivity index (χ3v) is 4.16. The molecule has 0 aliphatic carbocycles. The maximum Gasteiger partial charge on any atom is 0.261 e. The van der Waals surface area contributed by atoms with E-state index in [9.17, 15) is 13.2 Å². The van der Waals surface area contributed by atoms with Gasteiger partial charge in [-0.25, -0.2) is 8.42 Å². The SMILES string of the molecule is CN(C)CCc1ccc(Oc2ccccc2C(=O)NC(N)=NS(C)(=O)=O)cc1. The predicted octanol–water partition coefficient (Wildman–Crippen LogP) is 1.59. The van der Waals surface area contributed by atoms with Gasteiger partial charge in [0.2, 0.25) is 5.96 Å². The first kappa shape index (κ1) is 21.4. The minimum atomic E-state index is -3.71. The molecule has 8 nitrogen and oxygen atoms in total. The van der Waals surface area contributed by atoms with Gasteiger partial charge >= 0.3 is 0 Å². The van der Waals surface area contributed by atoms with Gasteiger partial charge in [0.1, 0.15) is 11.5 Å². The Morgan fingerprint density at radius 3 is 2.39 bits per heavy atom. The van der Waals surface area contributed by atoms with Gasteiger partial charge in [-0.1, -0.05) is 24.3 Å². The number of ether oxygens (including phenoxy) is 1. The zero-order valence-corrected chi connectivity index (χ0v) is 16.9. The topological polar surface area (TPSA) is 114 Å². The molecule has 150 valence electrons. The highest BCUT2D eigenvalue weighted by molar-refractivity contribution is 7.89. The lowest BCUT2D eigenvalue weighted by molar-refractivity contribution is 0.0974. The van der Waals surface area contributed by atoms with Gasteiger partial charge in [-0.2, -0.15) is 0 Å². The van der Waals surface area contributed by atoms with Crippen LogP contribution >= 0.6 is 0 Å². The van der Waals surface area contributed by atoms with Gasteiger partial charge in [0.15, 0.2) is 0 Å². The lowest BCUT2D eigenvalue weighted by Gasteiger charge is -2.12. The van der Waals surface area contributed by atoms with E-state index in [0.29, 0.717) is 11.5 Å². The van der Waals surface area contributed by atoms with E-state index in [1.165, 1.54) is 5.56 Å². The normalized spacial score (nSPS) is 12.1. The molecule has 0 saturated carbocycles. The predicted molar refractivity (Wildman–Crippen MR) is 109 cm³/mol. The van der Waals surface area contributed by atoms with Crippen LogP contribution in [-0.2, 0) is 16.4 Å². The van der Waals surface area contributed by atoms with Gasteiger partial charge in [0.05, 0.1) is 11.8 Å². The summed E-state index contributed by atoms with van der Waals surface area (Å²) < 4.78 is 31.3. The van der Waals surface area contributed by atoms with Gasteiger partial charge in [0.25, 0.3) is 15.9 Å². The fraction of sp³-hybridized carbons (Fsp3) is 0.263. The number of nitrogens with one attached hydrogen (secondary N) is 1. The van der Waals surface area contributed by atoms with Crippen molar-refractivity contribution in [3.63, 3.8) is 0 Å². The van der Waals surface area contributed by atoms with Crippen LogP contribution in [0.25, 0.3) is 0 Å². The molecule has 2 aromatic rings. The van der Waals surface area contributed by atoms with Crippen molar-refractivity contribution in [1.29, 1.82) is 0 Å². The number of amides is 1. The van der Waals surface area contributed by atoms with Crippen molar-refractivity contribution in [2.45, 2.75) is 6.42 Å². The first-order chi connectivity index (χ1) is 13.1. The largest absolute Gasteiger partial charge is 0.457 e. The molecule has 3 N–H and O–H groups in total. The summed E-state index contributed by atoms with van der Waals surface area (Å²) in [5.41, 5.74) is 6.84. The van der Waals surface area contributed by atoms with Crippen LogP contribution in [0.15, 0.2) is 52.9 Å². The minimum Gasteiger partial charge on any atom is -0.457 e. The van der Waals surface area contributed by atoms with Crippen LogP contribution in [0.2, 0.25) is 0 Å². The maximum absolute atomic E-state index is 12.4. The van der Waals surface area contributed by atoms with E-state index in [1.807, 2.05) is 38.4 Å². The summed E-state index contributed by atoms with van der Waals surface area (Å²) in [7, 11) is 0.331. The van der Waals surface area contributed by atoms with Crippen LogP contribution < -0.4 is 15.8 Å². The quantitative estimate of drug-likeness (QED) is 0.535. The number of likely N-dealkylation sites (N-methyl/N-ethyl adjacent to an activating group) is 1. The first-order valence-electron chi connectivity index (χ1n) is 8.51. The number of guanidine groups is 1. The van der Waals surface area contributed by atoms with E-state index in [0.717, 1.165) is 19.2 Å². The summed E-state index contributed by atoms with van der Waals surface area (Å²) >= 11 is 0. The molecule has 0 radical (unpaired) electrons. The zero-order chi connectivity index (χ0) is 20.7. The number of sulfonamides is 1. The smallest absolute Gasteiger partial charge is 0.261 e. The molecular weight excluding hydrogens is 380 g/mol. The Kier molecular flexibility index (Phi) is 7.13. The highest BCUT2D eigenvalue weighted by atomic mass is 32.2. The number of carbonyl (C=O) groups excluding carboxylic acids is 1. The van der Waals surface area contributed by atoms with Crippen molar-refractivity contribution in [2.75, 3.05) is 26.9 Å². The van der Waals surface area contributed by atoms with Crippen LogP contribution in [0.3, 0.4) is 0 Å². The van der Waals surface area contributed by atoms with Crippen LogP contribution in [0.1, 0.15) is 15.9 Å². The Hall–Kier alpha value is -2.91. The lowest BCUT2D eigenvalue weighted by atomic mass is 10.1. The monoisotopic (exact) mass is 404 g/mol. The molecule has 0 spiro atoms. The molecular formula is C19H24N4O4S. The number of para-hydroxylation sites is 1. The lowest BCUT2D eigenvalue weighted by Crippen LogP contribution is -2.37. The molecule has 2 aromatic carbocycles.